The van der Waals surface area contributed by atoms with Crippen molar-refractivity contribution in [2.75, 3.05) is 18.5 Å². The zero-order valence-corrected chi connectivity index (χ0v) is 12.8. The van der Waals surface area contributed by atoms with Gasteiger partial charge in [0.2, 0.25) is 0 Å². The Kier molecular flexibility index (Phi) is 4.19. The van der Waals surface area contributed by atoms with Crippen LogP contribution in [0.2, 0.25) is 0 Å². The first-order valence-corrected chi connectivity index (χ1v) is 7.37. The molecule has 1 N–H and O–H groups in total. The van der Waals surface area contributed by atoms with Gasteiger partial charge in [0.05, 0.1) is 11.7 Å². The van der Waals surface area contributed by atoms with Crippen molar-refractivity contribution in [3.05, 3.63) is 60.0 Å². The Hall–Kier alpha value is -2.62. The average molecular weight is 293 g/mol. The maximum Gasteiger partial charge on any atom is 0.125 e. The van der Waals surface area contributed by atoms with Crippen molar-refractivity contribution in [3.63, 3.8) is 0 Å². The number of aromatic nitrogens is 2. The van der Waals surface area contributed by atoms with Crippen LogP contribution in [0.1, 0.15) is 11.1 Å². The van der Waals surface area contributed by atoms with Gasteiger partial charge in [-0.1, -0.05) is 18.2 Å². The van der Waals surface area contributed by atoms with Crippen molar-refractivity contribution in [2.24, 2.45) is 0 Å². The van der Waals surface area contributed by atoms with E-state index in [1.807, 2.05) is 18.2 Å². The highest BCUT2D eigenvalue weighted by molar-refractivity contribution is 5.90. The number of nitrogens with one attached hydrogen (secondary N) is 1. The van der Waals surface area contributed by atoms with Crippen LogP contribution in [0, 0.1) is 13.8 Å². The first-order valence-electron chi connectivity index (χ1n) is 7.37. The molecule has 0 unspecified atom stereocenters. The highest BCUT2D eigenvalue weighted by Crippen LogP contribution is 2.23. The number of rotatable bonds is 5. The molecule has 0 aliphatic carbocycles. The van der Waals surface area contributed by atoms with Crippen LogP contribution in [0.5, 0.6) is 5.75 Å². The SMILES string of the molecule is Cc1cccc(C)c1OCCNc1ccnc2cnccc12. The van der Waals surface area contributed by atoms with E-state index in [9.17, 15) is 0 Å². The second-order valence-corrected chi connectivity index (χ2v) is 5.25. The minimum absolute atomic E-state index is 0.612. The van der Waals surface area contributed by atoms with Crippen molar-refractivity contribution < 1.29 is 4.74 Å². The predicted octanol–water partition coefficient (Wildman–Crippen LogP) is 3.74. The van der Waals surface area contributed by atoms with Gasteiger partial charge in [-0.2, -0.15) is 0 Å². The van der Waals surface area contributed by atoms with Crippen molar-refractivity contribution in [1.29, 1.82) is 0 Å². The summed E-state index contributed by atoms with van der Waals surface area (Å²) in [4.78, 5) is 8.40. The second kappa shape index (κ2) is 6.43. The summed E-state index contributed by atoms with van der Waals surface area (Å²) in [6.07, 6.45) is 5.34. The zero-order chi connectivity index (χ0) is 15.4. The number of anilines is 1. The van der Waals surface area contributed by atoms with Gasteiger partial charge in [0.15, 0.2) is 0 Å². The third kappa shape index (κ3) is 3.01. The summed E-state index contributed by atoms with van der Waals surface area (Å²) in [5.74, 6) is 0.980. The van der Waals surface area contributed by atoms with Gasteiger partial charge in [-0.3, -0.25) is 9.97 Å². The zero-order valence-electron chi connectivity index (χ0n) is 12.8. The van der Waals surface area contributed by atoms with Crippen molar-refractivity contribution in [2.45, 2.75) is 13.8 Å². The van der Waals surface area contributed by atoms with Gasteiger partial charge in [-0.05, 0) is 37.1 Å². The summed E-state index contributed by atoms with van der Waals surface area (Å²) in [5, 5.41) is 4.48. The number of aryl methyl sites for hydroxylation is 2. The first kappa shape index (κ1) is 14.3. The summed E-state index contributed by atoms with van der Waals surface area (Å²) in [5.41, 5.74) is 4.28. The van der Waals surface area contributed by atoms with E-state index in [1.165, 1.54) is 11.1 Å². The molecule has 4 nitrogen and oxygen atoms in total. The molecule has 1 aromatic carbocycles. The number of hydrogen-bond acceptors (Lipinski definition) is 4. The molecule has 112 valence electrons. The van der Waals surface area contributed by atoms with Gasteiger partial charge in [0, 0.05) is 30.0 Å². The summed E-state index contributed by atoms with van der Waals surface area (Å²) in [6.45, 7) is 5.48. The molecular weight excluding hydrogens is 274 g/mol. The topological polar surface area (TPSA) is 47.0 Å². The van der Waals surface area contributed by atoms with E-state index in [1.54, 1.807) is 18.6 Å². The normalized spacial score (nSPS) is 10.6. The first-order chi connectivity index (χ1) is 10.8. The van der Waals surface area contributed by atoms with Crippen LogP contribution in [0.4, 0.5) is 5.69 Å². The van der Waals surface area contributed by atoms with Crippen LogP contribution in [-0.4, -0.2) is 23.1 Å². The summed E-state index contributed by atoms with van der Waals surface area (Å²) in [6, 6.07) is 10.1. The van der Waals surface area contributed by atoms with E-state index < -0.39 is 0 Å². The maximum absolute atomic E-state index is 5.91. The Morgan fingerprint density at radius 3 is 2.68 bits per heavy atom. The summed E-state index contributed by atoms with van der Waals surface area (Å²) in [7, 11) is 0. The van der Waals surface area contributed by atoms with Gasteiger partial charge in [0.1, 0.15) is 12.4 Å². The Labute approximate surface area is 130 Å². The minimum Gasteiger partial charge on any atom is -0.491 e. The molecule has 22 heavy (non-hydrogen) atoms. The quantitative estimate of drug-likeness (QED) is 0.728. The van der Waals surface area contributed by atoms with E-state index >= 15 is 0 Å². The number of fused-ring (bicyclic) bond motifs is 1. The van der Waals surface area contributed by atoms with Crippen LogP contribution in [0.15, 0.2) is 48.9 Å². The van der Waals surface area contributed by atoms with Gasteiger partial charge < -0.3 is 10.1 Å². The fraction of sp³-hybridized carbons (Fsp3) is 0.222. The molecule has 0 atom stereocenters. The highest BCUT2D eigenvalue weighted by Gasteiger charge is 2.04. The average Bonchev–Trinajstić information content (AvgIpc) is 2.54. The van der Waals surface area contributed by atoms with Crippen LogP contribution in [0.25, 0.3) is 10.9 Å². The largest absolute Gasteiger partial charge is 0.491 e. The molecule has 2 heterocycles. The molecule has 0 fully saturated rings. The molecule has 2 aromatic heterocycles. The molecule has 0 aliphatic rings. The van der Waals surface area contributed by atoms with E-state index in [0.29, 0.717) is 6.61 Å². The van der Waals surface area contributed by atoms with Gasteiger partial charge in [0.25, 0.3) is 0 Å². The van der Waals surface area contributed by atoms with E-state index in [4.69, 9.17) is 4.74 Å². The molecule has 3 rings (SSSR count). The molecule has 0 saturated carbocycles. The van der Waals surface area contributed by atoms with Crippen molar-refractivity contribution >= 4 is 16.6 Å². The molecule has 0 amide bonds. The summed E-state index contributed by atoms with van der Waals surface area (Å²) >= 11 is 0. The van der Waals surface area contributed by atoms with Gasteiger partial charge >= 0.3 is 0 Å². The number of benzene rings is 1. The lowest BCUT2D eigenvalue weighted by molar-refractivity contribution is 0.328. The number of nitrogens with zero attached hydrogens (tertiary/aromatic N) is 2. The van der Waals surface area contributed by atoms with E-state index in [2.05, 4.69) is 41.3 Å². The standard InChI is InChI=1S/C18H19N3O/c1-13-4-3-5-14(2)18(13)22-11-10-21-16-7-9-20-17-12-19-8-6-15(16)17/h3-9,12H,10-11H2,1-2H3,(H,20,21). The Balaban J connectivity index is 1.63. The Bertz CT molecular complexity index is 761. The molecule has 0 spiro atoms. The molecule has 3 aromatic rings. The van der Waals surface area contributed by atoms with E-state index in [0.717, 1.165) is 28.9 Å². The third-order valence-electron chi connectivity index (χ3n) is 3.62. The number of para-hydroxylation sites is 1. The fourth-order valence-electron chi connectivity index (χ4n) is 2.52. The van der Waals surface area contributed by atoms with Gasteiger partial charge in [-0.25, -0.2) is 0 Å². The van der Waals surface area contributed by atoms with Crippen molar-refractivity contribution in [3.8, 4) is 5.75 Å². The molecule has 0 bridgehead atoms. The second-order valence-electron chi connectivity index (χ2n) is 5.25. The minimum atomic E-state index is 0.612. The lowest BCUT2D eigenvalue weighted by Gasteiger charge is -2.13. The molecule has 4 heteroatoms. The molecule has 0 aliphatic heterocycles. The molecule has 0 saturated heterocycles. The Morgan fingerprint density at radius 2 is 1.86 bits per heavy atom. The lowest BCUT2D eigenvalue weighted by atomic mass is 10.1. The van der Waals surface area contributed by atoms with Crippen LogP contribution in [0.3, 0.4) is 0 Å². The monoisotopic (exact) mass is 293 g/mol. The van der Waals surface area contributed by atoms with E-state index in [-0.39, 0.29) is 0 Å². The fourth-order valence-corrected chi connectivity index (χ4v) is 2.52. The lowest BCUT2D eigenvalue weighted by Crippen LogP contribution is -2.12. The number of hydrogen-bond donors (Lipinski definition) is 1. The predicted molar refractivity (Wildman–Crippen MR) is 89.4 cm³/mol. The number of pyridine rings is 2. The Morgan fingerprint density at radius 1 is 1.05 bits per heavy atom. The van der Waals surface area contributed by atoms with Crippen molar-refractivity contribution in [1.82, 2.24) is 9.97 Å². The van der Waals surface area contributed by atoms with Gasteiger partial charge in [-0.15, -0.1) is 0 Å². The van der Waals surface area contributed by atoms with Crippen LogP contribution >= 0.6 is 0 Å². The van der Waals surface area contributed by atoms with Crippen LogP contribution < -0.4 is 10.1 Å². The molecular formula is C18H19N3O. The summed E-state index contributed by atoms with van der Waals surface area (Å²) < 4.78 is 5.91. The highest BCUT2D eigenvalue weighted by atomic mass is 16.5. The molecule has 0 radical (unpaired) electrons. The smallest absolute Gasteiger partial charge is 0.125 e. The van der Waals surface area contributed by atoms with Crippen LogP contribution in [-0.2, 0) is 0 Å². The maximum atomic E-state index is 5.91. The third-order valence-corrected chi connectivity index (χ3v) is 3.62. The number of ether oxygens (including phenoxy) is 1.